The maximum Gasteiger partial charge on any atom is 0.255 e. The van der Waals surface area contributed by atoms with Crippen molar-refractivity contribution in [1.29, 1.82) is 0 Å². The van der Waals surface area contributed by atoms with Gasteiger partial charge < -0.3 is 19.7 Å². The lowest BCUT2D eigenvalue weighted by Crippen LogP contribution is -2.33. The number of hydrogen-bond acceptors (Lipinski definition) is 4. The van der Waals surface area contributed by atoms with E-state index in [4.69, 9.17) is 9.47 Å². The molecule has 0 radical (unpaired) electrons. The van der Waals surface area contributed by atoms with Crippen LogP contribution in [0.2, 0.25) is 0 Å². The molecule has 5 rings (SSSR count). The molecule has 6 nitrogen and oxygen atoms in total. The van der Waals surface area contributed by atoms with Crippen LogP contribution in [-0.2, 0) is 11.2 Å². The summed E-state index contributed by atoms with van der Waals surface area (Å²) in [7, 11) is 0. The molecule has 3 aliphatic rings. The van der Waals surface area contributed by atoms with Gasteiger partial charge in [0.15, 0.2) is 11.5 Å². The molecule has 2 aromatic rings. The Hall–Kier alpha value is -3.02. The number of fused-ring (bicyclic) bond motifs is 2. The molecule has 144 valence electrons. The molecular weight excluding hydrogens is 356 g/mol. The van der Waals surface area contributed by atoms with E-state index < -0.39 is 0 Å². The summed E-state index contributed by atoms with van der Waals surface area (Å²) in [5.41, 5.74) is 3.28. The van der Waals surface area contributed by atoms with E-state index in [1.54, 1.807) is 18.2 Å². The average Bonchev–Trinajstić information content (AvgIpc) is 3.46. The van der Waals surface area contributed by atoms with Crippen LogP contribution in [0.25, 0.3) is 0 Å². The van der Waals surface area contributed by atoms with Gasteiger partial charge in [0.1, 0.15) is 0 Å². The van der Waals surface area contributed by atoms with Gasteiger partial charge >= 0.3 is 0 Å². The van der Waals surface area contributed by atoms with Crippen LogP contribution in [0.3, 0.4) is 0 Å². The Morgan fingerprint density at radius 1 is 1.00 bits per heavy atom. The van der Waals surface area contributed by atoms with E-state index in [-0.39, 0.29) is 24.5 Å². The quantitative estimate of drug-likeness (QED) is 0.883. The first-order valence-electron chi connectivity index (χ1n) is 9.84. The highest BCUT2D eigenvalue weighted by molar-refractivity contribution is 6.05. The maximum atomic E-state index is 12.9. The molecule has 2 amide bonds. The molecule has 2 aromatic carbocycles. The van der Waals surface area contributed by atoms with Crippen LogP contribution < -0.4 is 19.7 Å². The minimum atomic E-state index is -0.218. The highest BCUT2D eigenvalue weighted by Gasteiger charge is 2.32. The Balaban J connectivity index is 1.35. The third-order valence-corrected chi connectivity index (χ3v) is 5.84. The lowest BCUT2D eigenvalue weighted by atomic mass is 10.1. The number of nitrogens with zero attached hydrogens (tertiary/aromatic N) is 1. The number of rotatable bonds is 3. The zero-order chi connectivity index (χ0) is 19.1. The van der Waals surface area contributed by atoms with Gasteiger partial charge in [0.05, 0.1) is 0 Å². The van der Waals surface area contributed by atoms with E-state index in [0.717, 1.165) is 49.9 Å². The molecular formula is C22H22N2O4. The zero-order valence-corrected chi connectivity index (χ0v) is 15.6. The van der Waals surface area contributed by atoms with Gasteiger partial charge in [-0.05, 0) is 55.2 Å². The summed E-state index contributed by atoms with van der Waals surface area (Å²) in [5.74, 6) is 1.39. The van der Waals surface area contributed by atoms with E-state index in [1.165, 1.54) is 0 Å². The van der Waals surface area contributed by atoms with E-state index >= 15 is 0 Å². The van der Waals surface area contributed by atoms with Crippen molar-refractivity contribution >= 4 is 23.2 Å². The molecule has 0 saturated heterocycles. The van der Waals surface area contributed by atoms with E-state index in [0.29, 0.717) is 22.7 Å². The molecule has 1 fully saturated rings. The first-order valence-corrected chi connectivity index (χ1v) is 9.84. The van der Waals surface area contributed by atoms with Crippen LogP contribution in [-0.4, -0.2) is 25.2 Å². The van der Waals surface area contributed by atoms with Crippen molar-refractivity contribution in [3.63, 3.8) is 0 Å². The van der Waals surface area contributed by atoms with Gasteiger partial charge in [-0.2, -0.15) is 0 Å². The second-order valence-corrected chi connectivity index (χ2v) is 7.59. The summed E-state index contributed by atoms with van der Waals surface area (Å²) in [4.78, 5) is 27.4. The van der Waals surface area contributed by atoms with Crippen molar-refractivity contribution in [3.8, 4) is 11.5 Å². The number of carbonyl (C=O) groups excluding carboxylic acids is 2. The Morgan fingerprint density at radius 3 is 2.68 bits per heavy atom. The number of anilines is 2. The van der Waals surface area contributed by atoms with Gasteiger partial charge in [-0.15, -0.1) is 0 Å². The number of carbonyl (C=O) groups is 2. The van der Waals surface area contributed by atoms with Crippen LogP contribution >= 0.6 is 0 Å². The van der Waals surface area contributed by atoms with Crippen LogP contribution in [0.5, 0.6) is 11.5 Å². The predicted octanol–water partition coefficient (Wildman–Crippen LogP) is 3.75. The minimum Gasteiger partial charge on any atom is -0.454 e. The summed E-state index contributed by atoms with van der Waals surface area (Å²) in [6.07, 6.45) is 5.13. The van der Waals surface area contributed by atoms with Crippen LogP contribution in [0.4, 0.5) is 11.4 Å². The van der Waals surface area contributed by atoms with Gasteiger partial charge in [0.2, 0.25) is 12.7 Å². The van der Waals surface area contributed by atoms with Crippen LogP contribution in [0.1, 0.15) is 41.6 Å². The maximum absolute atomic E-state index is 12.9. The number of nitrogens with one attached hydrogen (secondary N) is 1. The van der Waals surface area contributed by atoms with Crippen molar-refractivity contribution in [2.75, 3.05) is 23.6 Å². The number of hydrogen-bond donors (Lipinski definition) is 1. The lowest BCUT2D eigenvalue weighted by Gasteiger charge is -2.21. The van der Waals surface area contributed by atoms with Crippen LogP contribution in [0, 0.1) is 5.92 Å². The molecule has 0 bridgehead atoms. The predicted molar refractivity (Wildman–Crippen MR) is 105 cm³/mol. The largest absolute Gasteiger partial charge is 0.454 e. The summed E-state index contributed by atoms with van der Waals surface area (Å²) in [5, 5.41) is 2.93. The van der Waals surface area contributed by atoms with Crippen molar-refractivity contribution in [2.24, 2.45) is 5.92 Å². The van der Waals surface area contributed by atoms with Crippen molar-refractivity contribution in [1.82, 2.24) is 0 Å². The SMILES string of the molecule is O=C(Nc1ccc2c(c1)N(C(=O)C1CCCC1)CC2)c1ccc2c(c1)OCO2. The third kappa shape index (κ3) is 2.99. The van der Waals surface area contributed by atoms with Gasteiger partial charge in [-0.1, -0.05) is 18.9 Å². The van der Waals surface area contributed by atoms with Crippen molar-refractivity contribution in [3.05, 3.63) is 47.5 Å². The Morgan fingerprint density at radius 2 is 1.82 bits per heavy atom. The number of benzene rings is 2. The van der Waals surface area contributed by atoms with E-state index in [1.807, 2.05) is 23.1 Å². The molecule has 2 aliphatic heterocycles. The Kier molecular flexibility index (Phi) is 4.19. The molecule has 1 N–H and O–H groups in total. The fraction of sp³-hybridized carbons (Fsp3) is 0.364. The Bertz CT molecular complexity index is 950. The summed E-state index contributed by atoms with van der Waals surface area (Å²) in [6.45, 7) is 0.903. The molecule has 0 spiro atoms. The van der Waals surface area contributed by atoms with Crippen molar-refractivity contribution in [2.45, 2.75) is 32.1 Å². The smallest absolute Gasteiger partial charge is 0.255 e. The molecule has 28 heavy (non-hydrogen) atoms. The standard InChI is InChI=1S/C22H22N2O4/c25-21(16-6-8-19-20(11-16)28-13-27-19)23-17-7-5-14-9-10-24(18(14)12-17)22(26)15-3-1-2-4-15/h5-8,11-12,15H,1-4,9-10,13H2,(H,23,25). The molecule has 2 heterocycles. The van der Waals surface area contributed by atoms with Crippen molar-refractivity contribution < 1.29 is 19.1 Å². The van der Waals surface area contributed by atoms with E-state index in [2.05, 4.69) is 5.32 Å². The summed E-state index contributed by atoms with van der Waals surface area (Å²) >= 11 is 0. The second kappa shape index (κ2) is 6.86. The molecule has 6 heteroatoms. The van der Waals surface area contributed by atoms with Gasteiger partial charge in [0.25, 0.3) is 5.91 Å². The molecule has 0 atom stereocenters. The minimum absolute atomic E-state index is 0.151. The second-order valence-electron chi connectivity index (χ2n) is 7.59. The topological polar surface area (TPSA) is 67.9 Å². The third-order valence-electron chi connectivity index (χ3n) is 5.84. The summed E-state index contributed by atoms with van der Waals surface area (Å²) < 4.78 is 10.6. The van der Waals surface area contributed by atoms with Gasteiger partial charge in [0, 0.05) is 29.4 Å². The molecule has 0 unspecified atom stereocenters. The number of ether oxygens (including phenoxy) is 2. The average molecular weight is 378 g/mol. The fourth-order valence-electron chi connectivity index (χ4n) is 4.32. The molecule has 1 saturated carbocycles. The van der Waals surface area contributed by atoms with Gasteiger partial charge in [-0.25, -0.2) is 0 Å². The number of amides is 2. The first kappa shape index (κ1) is 17.1. The van der Waals surface area contributed by atoms with E-state index in [9.17, 15) is 9.59 Å². The first-order chi connectivity index (χ1) is 13.7. The fourth-order valence-corrected chi connectivity index (χ4v) is 4.32. The van der Waals surface area contributed by atoms with Crippen LogP contribution in [0.15, 0.2) is 36.4 Å². The highest BCUT2D eigenvalue weighted by Crippen LogP contribution is 2.36. The zero-order valence-electron chi connectivity index (χ0n) is 15.6. The van der Waals surface area contributed by atoms with Gasteiger partial charge in [-0.3, -0.25) is 9.59 Å². The lowest BCUT2D eigenvalue weighted by molar-refractivity contribution is -0.122. The monoisotopic (exact) mass is 378 g/mol. The molecule has 1 aliphatic carbocycles. The normalized spacial score (nSPS) is 17.6. The molecule has 0 aromatic heterocycles. The summed E-state index contributed by atoms with van der Waals surface area (Å²) in [6, 6.07) is 11.0. The highest BCUT2D eigenvalue weighted by atomic mass is 16.7. The Labute approximate surface area is 163 Å².